The Morgan fingerprint density at radius 1 is 1.56 bits per heavy atom. The van der Waals surface area contributed by atoms with Gasteiger partial charge < -0.3 is 4.98 Å². The van der Waals surface area contributed by atoms with Crippen LogP contribution >= 0.6 is 27.3 Å². The third-order valence-electron chi connectivity index (χ3n) is 2.21. The molecule has 0 amide bonds. The Labute approximate surface area is 106 Å². The van der Waals surface area contributed by atoms with Crippen LogP contribution in [0.4, 0.5) is 0 Å². The molecule has 0 saturated heterocycles. The first kappa shape index (κ1) is 11.5. The Balaban J connectivity index is 2.53. The fourth-order valence-electron chi connectivity index (χ4n) is 1.44. The maximum Gasteiger partial charge on any atom is 0.265 e. The molecule has 84 valence electrons. The number of aromatic amines is 1. The van der Waals surface area contributed by atoms with Gasteiger partial charge in [0.2, 0.25) is 0 Å². The van der Waals surface area contributed by atoms with Crippen molar-refractivity contribution in [1.29, 1.82) is 0 Å². The quantitative estimate of drug-likeness (QED) is 0.946. The molecule has 0 atom stereocenters. The first-order valence-electron chi connectivity index (χ1n) is 5.03. The molecule has 2 rings (SSSR count). The fraction of sp³-hybridized carbons (Fsp3) is 0.273. The molecule has 0 spiro atoms. The largest absolute Gasteiger partial charge is 0.306 e. The average molecular weight is 299 g/mol. The summed E-state index contributed by atoms with van der Waals surface area (Å²) in [6, 6.07) is 1.95. The van der Waals surface area contributed by atoms with Crippen LogP contribution in [0, 0.1) is 0 Å². The summed E-state index contributed by atoms with van der Waals surface area (Å²) in [6.07, 6.45) is 1.78. The van der Waals surface area contributed by atoms with Crippen molar-refractivity contribution in [3.8, 4) is 11.4 Å². The number of nitrogens with one attached hydrogen (secondary N) is 1. The maximum atomic E-state index is 11.7. The van der Waals surface area contributed by atoms with E-state index in [0.717, 1.165) is 24.1 Å². The standard InChI is InChI=1S/C11H11BrN2OS/c1-2-3-8-9(12)11(15)14-10(13-8)7-4-5-16-6-7/h4-6H,2-3H2,1H3,(H,13,14,15). The van der Waals surface area contributed by atoms with Gasteiger partial charge in [-0.15, -0.1) is 0 Å². The van der Waals surface area contributed by atoms with E-state index in [0.29, 0.717) is 10.3 Å². The second-order valence-electron chi connectivity index (χ2n) is 3.44. The van der Waals surface area contributed by atoms with Crippen LogP contribution in [0.25, 0.3) is 11.4 Å². The predicted octanol–water partition coefficient (Wildman–Crippen LogP) is 3.21. The molecular weight excluding hydrogens is 288 g/mol. The predicted molar refractivity (Wildman–Crippen MR) is 69.9 cm³/mol. The van der Waals surface area contributed by atoms with Crippen molar-refractivity contribution in [3.63, 3.8) is 0 Å². The number of thiophene rings is 1. The molecule has 0 radical (unpaired) electrons. The summed E-state index contributed by atoms with van der Waals surface area (Å²) < 4.78 is 0.549. The number of nitrogens with zero attached hydrogens (tertiary/aromatic N) is 1. The molecule has 1 N–H and O–H groups in total. The summed E-state index contributed by atoms with van der Waals surface area (Å²) in [4.78, 5) is 18.9. The monoisotopic (exact) mass is 298 g/mol. The molecule has 2 aromatic rings. The summed E-state index contributed by atoms with van der Waals surface area (Å²) in [7, 11) is 0. The van der Waals surface area contributed by atoms with Gasteiger partial charge in [-0.1, -0.05) is 13.3 Å². The van der Waals surface area contributed by atoms with Crippen molar-refractivity contribution < 1.29 is 0 Å². The van der Waals surface area contributed by atoms with Gasteiger partial charge in [-0.25, -0.2) is 4.98 Å². The number of hydrogen-bond acceptors (Lipinski definition) is 3. The summed E-state index contributed by atoms with van der Waals surface area (Å²) in [5.41, 5.74) is 1.68. The molecule has 0 saturated carbocycles. The number of aromatic nitrogens is 2. The highest BCUT2D eigenvalue weighted by Gasteiger charge is 2.09. The second kappa shape index (κ2) is 4.93. The second-order valence-corrected chi connectivity index (χ2v) is 5.01. The van der Waals surface area contributed by atoms with Crippen LogP contribution in [0.5, 0.6) is 0 Å². The van der Waals surface area contributed by atoms with Gasteiger partial charge in [-0.3, -0.25) is 4.79 Å². The topological polar surface area (TPSA) is 45.8 Å². The van der Waals surface area contributed by atoms with Crippen molar-refractivity contribution in [2.75, 3.05) is 0 Å². The summed E-state index contributed by atoms with van der Waals surface area (Å²) in [5.74, 6) is 0.651. The molecule has 3 nitrogen and oxygen atoms in total. The third-order valence-corrected chi connectivity index (χ3v) is 3.71. The zero-order valence-corrected chi connectivity index (χ0v) is 11.2. The van der Waals surface area contributed by atoms with E-state index in [1.165, 1.54) is 0 Å². The van der Waals surface area contributed by atoms with Crippen LogP contribution in [0.15, 0.2) is 26.1 Å². The van der Waals surface area contributed by atoms with Crippen molar-refractivity contribution in [2.45, 2.75) is 19.8 Å². The minimum absolute atomic E-state index is 0.111. The maximum absolute atomic E-state index is 11.7. The van der Waals surface area contributed by atoms with Gasteiger partial charge in [0.1, 0.15) is 10.3 Å². The summed E-state index contributed by atoms with van der Waals surface area (Å²) in [6.45, 7) is 2.07. The molecule has 5 heteroatoms. The van der Waals surface area contributed by atoms with Crippen LogP contribution in [0.2, 0.25) is 0 Å². The lowest BCUT2D eigenvalue weighted by atomic mass is 10.2. The zero-order valence-electron chi connectivity index (χ0n) is 8.79. The normalized spacial score (nSPS) is 10.6. The first-order chi connectivity index (χ1) is 7.72. The van der Waals surface area contributed by atoms with Gasteiger partial charge in [0.15, 0.2) is 0 Å². The Kier molecular flexibility index (Phi) is 3.56. The molecule has 0 unspecified atom stereocenters. The number of hydrogen-bond donors (Lipinski definition) is 1. The summed E-state index contributed by atoms with van der Waals surface area (Å²) in [5, 5.41) is 3.94. The van der Waals surface area contributed by atoms with E-state index in [1.54, 1.807) is 11.3 Å². The van der Waals surface area contributed by atoms with Gasteiger partial charge in [-0.05, 0) is 33.8 Å². The first-order valence-corrected chi connectivity index (χ1v) is 6.77. The molecule has 0 aliphatic heterocycles. The molecule has 2 heterocycles. The number of H-pyrrole nitrogens is 1. The molecule has 0 aromatic carbocycles. The SMILES string of the molecule is CCCc1nc(-c2ccsc2)[nH]c(=O)c1Br. The lowest BCUT2D eigenvalue weighted by Crippen LogP contribution is -2.13. The van der Waals surface area contributed by atoms with Crippen LogP contribution in [0.1, 0.15) is 19.0 Å². The molecule has 16 heavy (non-hydrogen) atoms. The van der Waals surface area contributed by atoms with Crippen LogP contribution in [0.3, 0.4) is 0 Å². The van der Waals surface area contributed by atoms with Gasteiger partial charge in [0, 0.05) is 10.9 Å². The van der Waals surface area contributed by atoms with Crippen LogP contribution in [-0.2, 0) is 6.42 Å². The van der Waals surface area contributed by atoms with E-state index in [2.05, 4.69) is 32.8 Å². The number of aryl methyl sites for hydroxylation is 1. The number of rotatable bonds is 3. The van der Waals surface area contributed by atoms with Gasteiger partial charge in [0.25, 0.3) is 5.56 Å². The van der Waals surface area contributed by atoms with E-state index in [-0.39, 0.29) is 5.56 Å². The van der Waals surface area contributed by atoms with E-state index in [1.807, 2.05) is 16.8 Å². The molecule has 0 bridgehead atoms. The smallest absolute Gasteiger partial charge is 0.265 e. The number of halogens is 1. The third kappa shape index (κ3) is 2.25. The zero-order chi connectivity index (χ0) is 11.5. The highest BCUT2D eigenvalue weighted by molar-refractivity contribution is 9.10. The lowest BCUT2D eigenvalue weighted by Gasteiger charge is -2.04. The fourth-order valence-corrected chi connectivity index (χ4v) is 2.47. The van der Waals surface area contributed by atoms with Crippen molar-refractivity contribution in [2.24, 2.45) is 0 Å². The Hall–Kier alpha value is -0.940. The van der Waals surface area contributed by atoms with Crippen molar-refractivity contribution >= 4 is 27.3 Å². The van der Waals surface area contributed by atoms with E-state index in [4.69, 9.17) is 0 Å². The van der Waals surface area contributed by atoms with Gasteiger partial charge in [-0.2, -0.15) is 11.3 Å². The minimum atomic E-state index is -0.111. The Morgan fingerprint density at radius 3 is 3.00 bits per heavy atom. The van der Waals surface area contributed by atoms with E-state index >= 15 is 0 Å². The van der Waals surface area contributed by atoms with E-state index in [9.17, 15) is 4.79 Å². The van der Waals surface area contributed by atoms with Gasteiger partial charge in [0.05, 0.1) is 5.69 Å². The van der Waals surface area contributed by atoms with Crippen molar-refractivity contribution in [1.82, 2.24) is 9.97 Å². The Morgan fingerprint density at radius 2 is 2.38 bits per heavy atom. The Bertz CT molecular complexity index is 533. The van der Waals surface area contributed by atoms with Crippen molar-refractivity contribution in [3.05, 3.63) is 37.3 Å². The highest BCUT2D eigenvalue weighted by atomic mass is 79.9. The van der Waals surface area contributed by atoms with Gasteiger partial charge >= 0.3 is 0 Å². The van der Waals surface area contributed by atoms with E-state index < -0.39 is 0 Å². The van der Waals surface area contributed by atoms with Crippen LogP contribution in [-0.4, -0.2) is 9.97 Å². The molecule has 0 aliphatic carbocycles. The molecule has 2 aromatic heterocycles. The molecular formula is C11H11BrN2OS. The molecule has 0 aliphatic rings. The highest BCUT2D eigenvalue weighted by Crippen LogP contribution is 2.19. The lowest BCUT2D eigenvalue weighted by molar-refractivity contribution is 0.861. The summed E-state index contributed by atoms with van der Waals surface area (Å²) >= 11 is 4.86. The molecule has 0 fully saturated rings. The average Bonchev–Trinajstić information content (AvgIpc) is 2.78. The van der Waals surface area contributed by atoms with Crippen LogP contribution < -0.4 is 5.56 Å². The minimum Gasteiger partial charge on any atom is -0.306 e.